The number of aryl methyl sites for hydroxylation is 1. The number of hydrogen-bond donors (Lipinski definition) is 0. The van der Waals surface area contributed by atoms with E-state index in [0.717, 1.165) is 13.0 Å². The molecular formula is C29H23N3. The van der Waals surface area contributed by atoms with E-state index in [1.165, 1.54) is 61.2 Å². The van der Waals surface area contributed by atoms with Crippen molar-refractivity contribution in [3.8, 4) is 5.69 Å². The van der Waals surface area contributed by atoms with Crippen LogP contribution in [-0.4, -0.2) is 8.97 Å². The number of para-hydroxylation sites is 4. The van der Waals surface area contributed by atoms with E-state index in [1.54, 1.807) is 0 Å². The lowest BCUT2D eigenvalue weighted by atomic mass is 10.1. The summed E-state index contributed by atoms with van der Waals surface area (Å²) in [7, 11) is 0. The highest BCUT2D eigenvalue weighted by atomic mass is 15.1. The number of hydrogen-bond acceptors (Lipinski definition) is 0. The van der Waals surface area contributed by atoms with Gasteiger partial charge in [0, 0.05) is 21.5 Å². The first kappa shape index (κ1) is 17.8. The number of imidazole rings is 1. The van der Waals surface area contributed by atoms with Crippen LogP contribution in [0.25, 0.3) is 54.8 Å². The summed E-state index contributed by atoms with van der Waals surface area (Å²) in [6, 6.07) is 30.8. The maximum atomic E-state index is 3.69. The van der Waals surface area contributed by atoms with Crippen molar-refractivity contribution < 1.29 is 4.57 Å². The highest BCUT2D eigenvalue weighted by Crippen LogP contribution is 2.41. The van der Waals surface area contributed by atoms with Gasteiger partial charge in [0.25, 0.3) is 0 Å². The quantitative estimate of drug-likeness (QED) is 0.226. The first-order chi connectivity index (χ1) is 15.9. The molecular weight excluding hydrogens is 390 g/mol. The van der Waals surface area contributed by atoms with Gasteiger partial charge < -0.3 is 13.5 Å². The van der Waals surface area contributed by atoms with Crippen molar-refractivity contribution in [1.29, 1.82) is 0 Å². The molecule has 3 aromatic heterocycles. The second kappa shape index (κ2) is 6.57. The van der Waals surface area contributed by atoms with E-state index >= 15 is 0 Å². The van der Waals surface area contributed by atoms with Crippen molar-refractivity contribution in [3.05, 3.63) is 91.3 Å². The summed E-state index contributed by atoms with van der Waals surface area (Å²) in [4.78, 5) is 0. The molecule has 0 N–H and O–H groups in total. The third-order valence-corrected chi connectivity index (χ3v) is 6.84. The van der Waals surface area contributed by atoms with E-state index < -0.39 is 0 Å². The molecule has 32 heavy (non-hydrogen) atoms. The number of benzene rings is 4. The molecule has 0 fully saturated rings. The van der Waals surface area contributed by atoms with Crippen molar-refractivity contribution in [2.24, 2.45) is 0 Å². The smallest absolute Gasteiger partial charge is 0.244 e. The molecule has 7 aromatic rings. The summed E-state index contributed by atoms with van der Waals surface area (Å²) >= 11 is 0. The number of nitrogens with zero attached hydrogens (tertiary/aromatic N) is 3. The predicted octanol–water partition coefficient (Wildman–Crippen LogP) is 6.67. The normalized spacial score (nSPS) is 12.3. The molecule has 3 heteroatoms. The first-order valence-corrected chi connectivity index (χ1v) is 11.5. The van der Waals surface area contributed by atoms with Crippen LogP contribution in [-0.2, 0) is 6.54 Å². The molecule has 0 unspecified atom stereocenters. The average Bonchev–Trinajstić information content (AvgIpc) is 3.49. The monoisotopic (exact) mass is 413 g/mol. The van der Waals surface area contributed by atoms with Crippen LogP contribution in [0.4, 0.5) is 0 Å². The molecule has 0 bridgehead atoms. The van der Waals surface area contributed by atoms with Gasteiger partial charge in [0.2, 0.25) is 6.33 Å². The van der Waals surface area contributed by atoms with E-state index in [-0.39, 0.29) is 0 Å². The second-order valence-corrected chi connectivity index (χ2v) is 8.65. The Balaban J connectivity index is 1.65. The number of aromatic nitrogens is 3. The zero-order chi connectivity index (χ0) is 21.2. The SMILES string of the molecule is CCCC[n+]1[c-]n(-c2ccc3c4ccccc4n4c5ccccc5c2c34)c2ccccc21. The highest BCUT2D eigenvalue weighted by Gasteiger charge is 2.20. The van der Waals surface area contributed by atoms with Gasteiger partial charge in [-0.15, -0.1) is 0 Å². The van der Waals surface area contributed by atoms with Crippen LogP contribution in [0.5, 0.6) is 0 Å². The number of rotatable bonds is 4. The number of fused-ring (bicyclic) bond motifs is 7. The Hall–Kier alpha value is -3.85. The Labute approximate surface area is 186 Å². The number of unbranched alkanes of at least 4 members (excludes halogenated alkanes) is 1. The molecule has 0 aliphatic rings. The summed E-state index contributed by atoms with van der Waals surface area (Å²) in [5, 5.41) is 5.21. The largest absolute Gasteiger partial charge is 0.319 e. The molecule has 0 saturated heterocycles. The fourth-order valence-corrected chi connectivity index (χ4v) is 5.41. The Morgan fingerprint density at radius 3 is 2.22 bits per heavy atom. The maximum absolute atomic E-state index is 3.69. The molecule has 0 atom stereocenters. The van der Waals surface area contributed by atoms with Crippen molar-refractivity contribution in [2.45, 2.75) is 26.3 Å². The van der Waals surface area contributed by atoms with E-state index in [0.29, 0.717) is 0 Å². The molecule has 154 valence electrons. The molecule has 0 saturated carbocycles. The van der Waals surface area contributed by atoms with Crippen molar-refractivity contribution in [3.63, 3.8) is 0 Å². The average molecular weight is 414 g/mol. The van der Waals surface area contributed by atoms with Gasteiger partial charge in [0.1, 0.15) is 0 Å². The van der Waals surface area contributed by atoms with Crippen molar-refractivity contribution in [1.82, 2.24) is 8.97 Å². The van der Waals surface area contributed by atoms with E-state index in [4.69, 9.17) is 0 Å². The lowest BCUT2D eigenvalue weighted by molar-refractivity contribution is -0.676. The van der Waals surface area contributed by atoms with Crippen LogP contribution < -0.4 is 4.57 Å². The van der Waals surface area contributed by atoms with Gasteiger partial charge in [-0.25, -0.2) is 0 Å². The molecule has 0 spiro atoms. The molecule has 0 radical (unpaired) electrons. The van der Waals surface area contributed by atoms with Gasteiger partial charge in [-0.05, 0) is 18.6 Å². The van der Waals surface area contributed by atoms with E-state index in [1.807, 2.05) is 0 Å². The predicted molar refractivity (Wildman–Crippen MR) is 132 cm³/mol. The molecule has 3 heterocycles. The van der Waals surface area contributed by atoms with Gasteiger partial charge in [-0.2, -0.15) is 0 Å². The van der Waals surface area contributed by atoms with E-state index in [9.17, 15) is 0 Å². The van der Waals surface area contributed by atoms with Crippen LogP contribution in [0.3, 0.4) is 0 Å². The topological polar surface area (TPSA) is 13.2 Å². The van der Waals surface area contributed by atoms with Crippen LogP contribution >= 0.6 is 0 Å². The molecule has 7 rings (SSSR count). The minimum atomic E-state index is 0.985. The zero-order valence-corrected chi connectivity index (χ0v) is 18.0. The molecule has 4 aromatic carbocycles. The Kier molecular flexibility index (Phi) is 3.65. The standard InChI is InChI=1S/C29H23N3/c1-2-3-18-30-19-31(26-15-9-8-14-25(26)30)27-17-16-21-20-10-4-6-12-23(20)32-24-13-7-5-11-22(24)28(27)29(21)32/h4-17H,2-3,18H2,1H3. The molecule has 0 aliphatic carbocycles. The third kappa shape index (κ3) is 2.23. The minimum Gasteiger partial charge on any atom is -0.319 e. The highest BCUT2D eigenvalue weighted by molar-refractivity contribution is 6.25. The Morgan fingerprint density at radius 2 is 1.41 bits per heavy atom. The van der Waals surface area contributed by atoms with Crippen molar-refractivity contribution >= 4 is 49.1 Å². The van der Waals surface area contributed by atoms with Gasteiger partial charge in [0.05, 0.1) is 39.8 Å². The third-order valence-electron chi connectivity index (χ3n) is 6.84. The molecule has 0 amide bonds. The van der Waals surface area contributed by atoms with Crippen molar-refractivity contribution in [2.75, 3.05) is 0 Å². The summed E-state index contributed by atoms with van der Waals surface area (Å²) in [5.41, 5.74) is 7.46. The lowest BCUT2D eigenvalue weighted by Crippen LogP contribution is -2.32. The van der Waals surface area contributed by atoms with Gasteiger partial charge in [-0.1, -0.05) is 86.1 Å². The van der Waals surface area contributed by atoms with Gasteiger partial charge in [-0.3, -0.25) is 0 Å². The Bertz CT molecular complexity index is 1770. The Morgan fingerprint density at radius 1 is 0.719 bits per heavy atom. The fourth-order valence-electron chi connectivity index (χ4n) is 5.41. The minimum absolute atomic E-state index is 0.985. The summed E-state index contributed by atoms with van der Waals surface area (Å²) in [6.07, 6.45) is 6.01. The zero-order valence-electron chi connectivity index (χ0n) is 18.0. The lowest BCUT2D eigenvalue weighted by Gasteiger charge is -2.08. The molecule has 3 nitrogen and oxygen atoms in total. The first-order valence-electron chi connectivity index (χ1n) is 11.5. The van der Waals surface area contributed by atoms with Crippen LogP contribution in [0.15, 0.2) is 84.9 Å². The van der Waals surface area contributed by atoms with Crippen LogP contribution in [0.1, 0.15) is 19.8 Å². The summed E-state index contributed by atoms with van der Waals surface area (Å²) in [6.45, 7) is 3.22. The summed E-state index contributed by atoms with van der Waals surface area (Å²) < 4.78 is 6.99. The van der Waals surface area contributed by atoms with Gasteiger partial charge >= 0.3 is 0 Å². The second-order valence-electron chi connectivity index (χ2n) is 8.65. The van der Waals surface area contributed by atoms with Gasteiger partial charge in [0.15, 0.2) is 0 Å². The van der Waals surface area contributed by atoms with Crippen LogP contribution in [0.2, 0.25) is 0 Å². The molecule has 0 aliphatic heterocycles. The summed E-state index contributed by atoms with van der Waals surface area (Å²) in [5.74, 6) is 0. The fraction of sp³-hybridized carbons (Fsp3) is 0.138. The van der Waals surface area contributed by atoms with E-state index in [2.05, 4.69) is 112 Å². The maximum Gasteiger partial charge on any atom is 0.244 e. The van der Waals surface area contributed by atoms with Crippen LogP contribution in [0, 0.1) is 6.33 Å².